The summed E-state index contributed by atoms with van der Waals surface area (Å²) in [6, 6.07) is 5.55. The van der Waals surface area contributed by atoms with Crippen molar-refractivity contribution >= 4 is 32.6 Å². The smallest absolute Gasteiger partial charge is 0.417 e. The molecule has 9 nitrogen and oxygen atoms in total. The number of H-pyrrole nitrogens is 1. The maximum atomic E-state index is 14.1. The summed E-state index contributed by atoms with van der Waals surface area (Å²) >= 11 is 0. The molecule has 0 spiro atoms. The number of benzene rings is 1. The zero-order valence-electron chi connectivity index (χ0n) is 20.9. The number of hydrogen-bond acceptors (Lipinski definition) is 6. The average Bonchev–Trinajstić information content (AvgIpc) is 3.12. The van der Waals surface area contributed by atoms with Gasteiger partial charge in [0, 0.05) is 36.2 Å². The second-order valence-electron chi connectivity index (χ2n) is 9.52. The first-order valence-corrected chi connectivity index (χ1v) is 12.8. The number of amides is 1. The molecule has 0 saturated heterocycles. The minimum atomic E-state index is -5.08. The van der Waals surface area contributed by atoms with E-state index in [-0.39, 0.29) is 21.8 Å². The minimum Gasteiger partial charge on any atom is -0.481 e. The third kappa shape index (κ3) is 7.28. The molecule has 14 heteroatoms. The molecule has 0 fully saturated rings. The molecule has 5 N–H and O–H groups in total. The fraction of sp³-hybridized carbons (Fsp3) is 0.375. The van der Waals surface area contributed by atoms with Crippen LogP contribution in [0.3, 0.4) is 0 Å². The molecule has 3 aromatic rings. The van der Waals surface area contributed by atoms with E-state index in [2.05, 4.69) is 9.97 Å². The normalized spacial score (nSPS) is 13.9. The van der Waals surface area contributed by atoms with E-state index in [0.717, 1.165) is 25.3 Å². The molecular formula is C24H27F4N3O6S. The van der Waals surface area contributed by atoms with Crippen LogP contribution in [0.25, 0.3) is 10.9 Å². The second-order valence-corrected chi connectivity index (χ2v) is 11.5. The topological polar surface area (TPSA) is 163 Å². The van der Waals surface area contributed by atoms with Crippen molar-refractivity contribution in [3.8, 4) is 0 Å². The zero-order chi connectivity index (χ0) is 29.3. The first-order valence-electron chi connectivity index (χ1n) is 10.9. The van der Waals surface area contributed by atoms with Crippen molar-refractivity contribution in [3.05, 3.63) is 59.2 Å². The number of pyridine rings is 1. The van der Waals surface area contributed by atoms with E-state index in [4.69, 9.17) is 15.6 Å². The van der Waals surface area contributed by atoms with Gasteiger partial charge in [-0.05, 0) is 41.7 Å². The van der Waals surface area contributed by atoms with Crippen LogP contribution in [0.2, 0.25) is 0 Å². The van der Waals surface area contributed by atoms with Gasteiger partial charge in [-0.1, -0.05) is 19.9 Å². The van der Waals surface area contributed by atoms with Crippen molar-refractivity contribution in [3.63, 3.8) is 0 Å². The van der Waals surface area contributed by atoms with Gasteiger partial charge in [0.2, 0.25) is 5.91 Å². The Hall–Kier alpha value is -3.52. The molecular weight excluding hydrogens is 534 g/mol. The fourth-order valence-corrected chi connectivity index (χ4v) is 4.67. The Balaban J connectivity index is 0.00000118. The van der Waals surface area contributed by atoms with E-state index in [0.29, 0.717) is 10.9 Å². The van der Waals surface area contributed by atoms with Gasteiger partial charge in [0.1, 0.15) is 5.82 Å². The number of carbonyl (C=O) groups is 2. The van der Waals surface area contributed by atoms with E-state index < -0.39 is 57.6 Å². The van der Waals surface area contributed by atoms with Crippen LogP contribution in [0.4, 0.5) is 17.6 Å². The molecule has 2 heterocycles. The Labute approximate surface area is 215 Å². The molecule has 0 aliphatic rings. The second kappa shape index (κ2) is 10.7. The quantitative estimate of drug-likeness (QED) is 0.321. The number of aromatic nitrogens is 2. The Morgan fingerprint density at radius 2 is 1.71 bits per heavy atom. The van der Waals surface area contributed by atoms with Gasteiger partial charge in [0.15, 0.2) is 20.5 Å². The summed E-state index contributed by atoms with van der Waals surface area (Å²) in [5, 5.41) is 18.3. The Kier molecular flexibility index (Phi) is 8.64. The highest BCUT2D eigenvalue weighted by Crippen LogP contribution is 2.44. The molecule has 0 aliphatic heterocycles. The zero-order valence-corrected chi connectivity index (χ0v) is 21.7. The molecule has 38 heavy (non-hydrogen) atoms. The lowest BCUT2D eigenvalue weighted by Gasteiger charge is -2.38. The van der Waals surface area contributed by atoms with Crippen LogP contribution in [-0.4, -0.2) is 58.5 Å². The molecule has 2 aromatic heterocycles. The predicted octanol–water partition coefficient (Wildman–Crippen LogP) is 3.50. The van der Waals surface area contributed by atoms with Crippen molar-refractivity contribution in [2.45, 2.75) is 55.8 Å². The van der Waals surface area contributed by atoms with Crippen LogP contribution in [0, 0.1) is 5.82 Å². The van der Waals surface area contributed by atoms with Gasteiger partial charge in [-0.3, -0.25) is 9.59 Å². The SMILES string of the molecule is CC(=O)O.CC(C)(CC(O)(Cc1cc2cc(S(C)(=O)=O)ncc2[nH]1)C(F)(F)F)c1ccc(F)cc1C(N)=O. The number of alkyl halides is 3. The highest BCUT2D eigenvalue weighted by atomic mass is 32.2. The number of nitrogens with two attached hydrogens (primary N) is 1. The monoisotopic (exact) mass is 561 g/mol. The molecule has 1 amide bonds. The largest absolute Gasteiger partial charge is 0.481 e. The van der Waals surface area contributed by atoms with Crippen LogP contribution in [0.1, 0.15) is 48.8 Å². The highest BCUT2D eigenvalue weighted by Gasteiger charge is 2.56. The lowest BCUT2D eigenvalue weighted by atomic mass is 9.72. The highest BCUT2D eigenvalue weighted by molar-refractivity contribution is 7.90. The van der Waals surface area contributed by atoms with Gasteiger partial charge < -0.3 is 20.9 Å². The number of fused-ring (bicyclic) bond motifs is 1. The molecule has 1 unspecified atom stereocenters. The van der Waals surface area contributed by atoms with E-state index in [1.54, 1.807) is 0 Å². The third-order valence-electron chi connectivity index (χ3n) is 5.64. The molecule has 0 saturated carbocycles. The van der Waals surface area contributed by atoms with E-state index >= 15 is 0 Å². The van der Waals surface area contributed by atoms with Gasteiger partial charge in [-0.15, -0.1) is 0 Å². The predicted molar refractivity (Wildman–Crippen MR) is 130 cm³/mol. The van der Waals surface area contributed by atoms with Crippen LogP contribution < -0.4 is 5.73 Å². The first kappa shape index (κ1) is 30.7. The lowest BCUT2D eigenvalue weighted by molar-refractivity contribution is -0.266. The maximum Gasteiger partial charge on any atom is 0.417 e. The number of hydrogen-bond donors (Lipinski definition) is 4. The average molecular weight is 562 g/mol. The number of halogens is 4. The van der Waals surface area contributed by atoms with E-state index in [9.17, 15) is 35.9 Å². The molecule has 1 aromatic carbocycles. The number of carboxylic acid groups (broad SMARTS) is 1. The molecule has 0 radical (unpaired) electrons. The number of aliphatic hydroxyl groups is 1. The summed E-state index contributed by atoms with van der Waals surface area (Å²) in [5.41, 5.74) is 0.659. The van der Waals surface area contributed by atoms with Gasteiger partial charge in [-0.25, -0.2) is 17.8 Å². The van der Waals surface area contributed by atoms with Crippen molar-refractivity contribution in [2.24, 2.45) is 5.73 Å². The number of carbonyl (C=O) groups excluding carboxylic acids is 1. The Morgan fingerprint density at radius 3 is 2.21 bits per heavy atom. The van der Waals surface area contributed by atoms with Crippen molar-refractivity contribution < 1.29 is 45.8 Å². The van der Waals surface area contributed by atoms with Crippen LogP contribution >= 0.6 is 0 Å². The Morgan fingerprint density at radius 1 is 1.13 bits per heavy atom. The summed E-state index contributed by atoms with van der Waals surface area (Å²) in [5.74, 6) is -2.62. The van der Waals surface area contributed by atoms with Gasteiger partial charge >= 0.3 is 6.18 Å². The lowest BCUT2D eigenvalue weighted by Crippen LogP contribution is -2.51. The summed E-state index contributed by atoms with van der Waals surface area (Å²) in [7, 11) is -3.63. The van der Waals surface area contributed by atoms with E-state index in [1.807, 2.05) is 0 Å². The number of aromatic amines is 1. The number of sulfone groups is 1. The van der Waals surface area contributed by atoms with Crippen LogP contribution in [0.15, 0.2) is 41.6 Å². The number of nitrogens with one attached hydrogen (secondary N) is 1. The standard InChI is InChI=1S/C22H23F4N3O4S.C2H4O2/c1-20(2,16-5-4-13(23)8-15(16)19(27)30)11-21(31,22(24,25)26)9-14-6-12-7-18(34(3,32)33)28-10-17(12)29-14;1-2(3)4/h4-8,10,29,31H,9,11H2,1-3H3,(H2,27,30);1H3,(H,3,4). The molecule has 3 rings (SSSR count). The summed E-state index contributed by atoms with van der Waals surface area (Å²) in [6.07, 6.45) is -4.71. The van der Waals surface area contributed by atoms with Crippen molar-refractivity contribution in [2.75, 3.05) is 6.26 Å². The fourth-order valence-electron chi connectivity index (χ4n) is 4.08. The summed E-state index contributed by atoms with van der Waals surface area (Å²) < 4.78 is 79.4. The minimum absolute atomic E-state index is 0.00712. The number of rotatable bonds is 7. The summed E-state index contributed by atoms with van der Waals surface area (Å²) in [4.78, 5) is 27.3. The molecule has 1 atom stereocenters. The van der Waals surface area contributed by atoms with E-state index in [1.165, 1.54) is 38.2 Å². The summed E-state index contributed by atoms with van der Waals surface area (Å²) in [6.45, 7) is 3.85. The van der Waals surface area contributed by atoms with Crippen molar-refractivity contribution in [1.82, 2.24) is 9.97 Å². The van der Waals surface area contributed by atoms with Crippen LogP contribution in [0.5, 0.6) is 0 Å². The third-order valence-corrected chi connectivity index (χ3v) is 6.62. The first-order chi connectivity index (χ1) is 17.2. The van der Waals surface area contributed by atoms with Crippen molar-refractivity contribution in [1.29, 1.82) is 0 Å². The number of primary amides is 1. The van der Waals surface area contributed by atoms with Gasteiger partial charge in [0.25, 0.3) is 5.97 Å². The molecule has 0 aliphatic carbocycles. The van der Waals surface area contributed by atoms with Gasteiger partial charge in [0.05, 0.1) is 11.7 Å². The van der Waals surface area contributed by atoms with Gasteiger partial charge in [-0.2, -0.15) is 13.2 Å². The Bertz CT molecular complexity index is 1460. The maximum absolute atomic E-state index is 14.1. The van der Waals surface area contributed by atoms with Crippen LogP contribution in [-0.2, 0) is 26.5 Å². The number of aliphatic carboxylic acids is 1. The number of nitrogens with zero attached hydrogens (tertiary/aromatic N) is 1. The number of carboxylic acids is 1. The molecule has 208 valence electrons. The molecule has 0 bridgehead atoms.